The van der Waals surface area contributed by atoms with Gasteiger partial charge in [-0.1, -0.05) is 23.4 Å². The van der Waals surface area contributed by atoms with E-state index in [2.05, 4.69) is 26.9 Å². The number of pyridine rings is 1. The quantitative estimate of drug-likeness (QED) is 0.510. The average molecular weight is 460 g/mol. The molecule has 3 heterocycles. The van der Waals surface area contributed by atoms with Gasteiger partial charge in [0.25, 0.3) is 0 Å². The van der Waals surface area contributed by atoms with E-state index in [0.29, 0.717) is 6.61 Å². The first kappa shape index (κ1) is 22.4. The Morgan fingerprint density at radius 1 is 1.13 bits per heavy atom. The second-order valence-corrected chi connectivity index (χ2v) is 10.7. The lowest BCUT2D eigenvalue weighted by Crippen LogP contribution is -2.46. The molecular weight excluding hydrogens is 430 g/mol. The van der Waals surface area contributed by atoms with Crippen molar-refractivity contribution in [3.8, 4) is 0 Å². The van der Waals surface area contributed by atoms with Gasteiger partial charge in [0.1, 0.15) is 5.76 Å². The molecule has 1 aromatic heterocycles. The number of hydrogen-bond donors (Lipinski definition) is 0. The van der Waals surface area contributed by atoms with E-state index in [1.165, 1.54) is 29.3 Å². The van der Waals surface area contributed by atoms with Crippen LogP contribution in [0.5, 0.6) is 0 Å². The van der Waals surface area contributed by atoms with E-state index in [1.807, 2.05) is 32.2 Å². The summed E-state index contributed by atoms with van der Waals surface area (Å²) in [6, 6.07) is 8.06. The molecule has 2 aromatic rings. The Bertz CT molecular complexity index is 970. The van der Waals surface area contributed by atoms with E-state index in [4.69, 9.17) is 16.3 Å². The molecule has 5 nitrogen and oxygen atoms in total. The number of ether oxygens (including phenoxy) is 1. The minimum atomic E-state index is -0.219. The number of fused-ring (bicyclic) bond motifs is 1. The minimum absolute atomic E-state index is 0.0997. The highest BCUT2D eigenvalue weighted by Crippen LogP contribution is 2.39. The molecule has 0 atom stereocenters. The maximum absolute atomic E-state index is 11.6. The Hall–Kier alpha value is -1.76. The maximum Gasteiger partial charge on any atom is 0.216 e. The summed E-state index contributed by atoms with van der Waals surface area (Å²) >= 11 is 7.46. The zero-order chi connectivity index (χ0) is 21.8. The summed E-state index contributed by atoms with van der Waals surface area (Å²) in [5, 5.41) is 1.99. The van der Waals surface area contributed by atoms with E-state index < -0.39 is 0 Å². The van der Waals surface area contributed by atoms with Crippen LogP contribution in [0.25, 0.3) is 10.9 Å². The highest BCUT2D eigenvalue weighted by atomic mass is 35.5. The van der Waals surface area contributed by atoms with Crippen molar-refractivity contribution in [2.75, 3.05) is 44.2 Å². The first-order valence-corrected chi connectivity index (χ1v) is 12.2. The Labute approximate surface area is 193 Å². The van der Waals surface area contributed by atoms with Crippen molar-refractivity contribution < 1.29 is 9.53 Å². The number of benzene rings is 1. The van der Waals surface area contributed by atoms with Gasteiger partial charge in [-0.05, 0) is 63.9 Å². The lowest BCUT2D eigenvalue weighted by Gasteiger charge is -2.36. The molecule has 0 spiro atoms. The number of halogens is 1. The molecule has 0 unspecified atom stereocenters. The van der Waals surface area contributed by atoms with Gasteiger partial charge >= 0.3 is 0 Å². The molecule has 1 saturated heterocycles. The van der Waals surface area contributed by atoms with Gasteiger partial charge in [-0.15, -0.1) is 0 Å². The fourth-order valence-corrected chi connectivity index (χ4v) is 5.27. The van der Waals surface area contributed by atoms with Gasteiger partial charge in [-0.2, -0.15) is 0 Å². The highest BCUT2D eigenvalue weighted by molar-refractivity contribution is 8.15. The zero-order valence-corrected chi connectivity index (χ0v) is 19.8. The predicted octanol–water partition coefficient (Wildman–Crippen LogP) is 5.13. The summed E-state index contributed by atoms with van der Waals surface area (Å²) in [7, 11) is 0. The molecular formula is C24H30ClN3O2S. The molecule has 31 heavy (non-hydrogen) atoms. The van der Waals surface area contributed by atoms with E-state index in [-0.39, 0.29) is 9.86 Å². The Kier molecular flexibility index (Phi) is 7.09. The van der Waals surface area contributed by atoms with Gasteiger partial charge in [0.05, 0.1) is 16.9 Å². The predicted molar refractivity (Wildman–Crippen MR) is 130 cm³/mol. The summed E-state index contributed by atoms with van der Waals surface area (Å²) < 4.78 is 5.65. The van der Waals surface area contributed by atoms with Crippen molar-refractivity contribution in [1.29, 1.82) is 0 Å². The summed E-state index contributed by atoms with van der Waals surface area (Å²) in [4.78, 5) is 21.0. The van der Waals surface area contributed by atoms with Gasteiger partial charge in [-0.25, -0.2) is 0 Å². The fraction of sp³-hybridized carbons (Fsp3) is 0.500. The van der Waals surface area contributed by atoms with Crippen LogP contribution in [0.2, 0.25) is 5.02 Å². The van der Waals surface area contributed by atoms with Gasteiger partial charge in [0, 0.05) is 54.5 Å². The van der Waals surface area contributed by atoms with Crippen LogP contribution in [0.3, 0.4) is 0 Å². The second kappa shape index (κ2) is 9.80. The summed E-state index contributed by atoms with van der Waals surface area (Å²) in [5.41, 5.74) is 2.20. The third-order valence-electron chi connectivity index (χ3n) is 5.97. The number of unbranched alkanes of at least 4 members (excludes halogenated alkanes) is 2. The number of piperazine rings is 1. The number of carbonyl (C=O) groups excluding carboxylic acids is 1. The molecule has 0 aliphatic carbocycles. The SMILES string of the molecule is CC1(C)SC(=O)C=C1OCCCCCN1CCN(c2ccnc3cc(Cl)ccc23)CC1. The van der Waals surface area contributed by atoms with Gasteiger partial charge in [0.2, 0.25) is 5.12 Å². The standard InChI is InChI=1S/C24H30ClN3O2S/c1-24(2)22(17-23(29)31-24)30-15-5-3-4-10-27-11-13-28(14-12-27)21-8-9-26-20-16-18(25)6-7-19(20)21/h6-9,16-17H,3-5,10-15H2,1-2H3. The summed E-state index contributed by atoms with van der Waals surface area (Å²) in [6.07, 6.45) is 6.86. The number of hydrogen-bond acceptors (Lipinski definition) is 6. The molecule has 0 amide bonds. The first-order chi connectivity index (χ1) is 14.9. The van der Waals surface area contributed by atoms with E-state index in [9.17, 15) is 4.79 Å². The third-order valence-corrected chi connectivity index (χ3v) is 7.23. The van der Waals surface area contributed by atoms with Crippen LogP contribution in [-0.2, 0) is 9.53 Å². The molecule has 4 rings (SSSR count). The number of thioether (sulfide) groups is 1. The number of rotatable bonds is 8. The van der Waals surface area contributed by atoms with Crippen LogP contribution in [0.4, 0.5) is 5.69 Å². The smallest absolute Gasteiger partial charge is 0.216 e. The topological polar surface area (TPSA) is 45.7 Å². The third kappa shape index (κ3) is 5.54. The number of carbonyl (C=O) groups is 1. The molecule has 0 radical (unpaired) electrons. The van der Waals surface area contributed by atoms with Crippen LogP contribution >= 0.6 is 23.4 Å². The largest absolute Gasteiger partial charge is 0.496 e. The fourth-order valence-electron chi connectivity index (χ4n) is 4.22. The van der Waals surface area contributed by atoms with Crippen LogP contribution in [0.15, 0.2) is 42.3 Å². The van der Waals surface area contributed by atoms with Crippen molar-refractivity contribution in [3.63, 3.8) is 0 Å². The van der Waals surface area contributed by atoms with Crippen molar-refractivity contribution >= 4 is 45.1 Å². The minimum Gasteiger partial charge on any atom is -0.496 e. The van der Waals surface area contributed by atoms with Crippen LogP contribution in [0, 0.1) is 0 Å². The molecule has 0 bridgehead atoms. The van der Waals surface area contributed by atoms with Crippen LogP contribution < -0.4 is 4.90 Å². The number of anilines is 1. The molecule has 1 aromatic carbocycles. The lowest BCUT2D eigenvalue weighted by atomic mass is 10.1. The van der Waals surface area contributed by atoms with E-state index in [0.717, 1.165) is 61.9 Å². The van der Waals surface area contributed by atoms with Crippen molar-refractivity contribution in [2.24, 2.45) is 0 Å². The Morgan fingerprint density at radius 3 is 2.68 bits per heavy atom. The molecule has 0 saturated carbocycles. The first-order valence-electron chi connectivity index (χ1n) is 11.0. The second-order valence-electron chi connectivity index (χ2n) is 8.67. The van der Waals surface area contributed by atoms with Crippen LogP contribution in [0.1, 0.15) is 33.1 Å². The summed E-state index contributed by atoms with van der Waals surface area (Å²) in [5.74, 6) is 0.824. The van der Waals surface area contributed by atoms with E-state index >= 15 is 0 Å². The normalized spacial score (nSPS) is 19.1. The van der Waals surface area contributed by atoms with Crippen molar-refractivity contribution in [1.82, 2.24) is 9.88 Å². The number of aromatic nitrogens is 1. The Morgan fingerprint density at radius 2 is 1.94 bits per heavy atom. The molecule has 0 N–H and O–H groups in total. The van der Waals surface area contributed by atoms with Crippen molar-refractivity contribution in [2.45, 2.75) is 37.9 Å². The molecule has 166 valence electrons. The summed E-state index contributed by atoms with van der Waals surface area (Å²) in [6.45, 7) is 10.1. The lowest BCUT2D eigenvalue weighted by molar-refractivity contribution is -0.107. The van der Waals surface area contributed by atoms with Gasteiger partial charge in [-0.3, -0.25) is 14.7 Å². The maximum atomic E-state index is 11.6. The average Bonchev–Trinajstić information content (AvgIpc) is 3.01. The molecule has 2 aliphatic rings. The van der Waals surface area contributed by atoms with Gasteiger partial charge < -0.3 is 9.64 Å². The zero-order valence-electron chi connectivity index (χ0n) is 18.3. The highest BCUT2D eigenvalue weighted by Gasteiger charge is 2.34. The molecule has 2 aliphatic heterocycles. The van der Waals surface area contributed by atoms with Gasteiger partial charge in [0.15, 0.2) is 0 Å². The van der Waals surface area contributed by atoms with E-state index in [1.54, 1.807) is 6.08 Å². The van der Waals surface area contributed by atoms with Crippen LogP contribution in [-0.4, -0.2) is 59.1 Å². The van der Waals surface area contributed by atoms with Crippen molar-refractivity contribution in [3.05, 3.63) is 47.3 Å². The molecule has 7 heteroatoms. The number of nitrogens with zero attached hydrogens (tertiary/aromatic N) is 3. The monoisotopic (exact) mass is 459 g/mol. The Balaban J connectivity index is 1.17. The molecule has 1 fully saturated rings.